The van der Waals surface area contributed by atoms with Crippen molar-refractivity contribution in [2.45, 2.75) is 0 Å². The van der Waals surface area contributed by atoms with Crippen molar-refractivity contribution in [2.75, 3.05) is 4.90 Å². The lowest BCUT2D eigenvalue weighted by Crippen LogP contribution is -2.10. The molecule has 2 nitrogen and oxygen atoms in total. The summed E-state index contributed by atoms with van der Waals surface area (Å²) in [7, 11) is 0. The molecular formula is C44H27NOS. The Morgan fingerprint density at radius 1 is 0.468 bits per heavy atom. The third kappa shape index (κ3) is 4.04. The smallest absolute Gasteiger partial charge is 0.145 e. The fourth-order valence-electron chi connectivity index (χ4n) is 7.30. The van der Waals surface area contributed by atoms with Gasteiger partial charge < -0.3 is 9.32 Å². The van der Waals surface area contributed by atoms with Gasteiger partial charge in [-0.3, -0.25) is 0 Å². The van der Waals surface area contributed by atoms with Gasteiger partial charge in [-0.15, -0.1) is 11.3 Å². The largest absolute Gasteiger partial charge is 0.455 e. The molecule has 0 N–H and O–H groups in total. The Bertz CT molecular complexity index is 2810. The highest BCUT2D eigenvalue weighted by Crippen LogP contribution is 2.50. The second-order valence-corrected chi connectivity index (χ2v) is 13.1. The van der Waals surface area contributed by atoms with E-state index in [-0.39, 0.29) is 0 Å². The van der Waals surface area contributed by atoms with Crippen molar-refractivity contribution in [3.8, 4) is 11.1 Å². The van der Waals surface area contributed by atoms with E-state index in [2.05, 4.69) is 169 Å². The molecule has 220 valence electrons. The van der Waals surface area contributed by atoms with Crippen molar-refractivity contribution in [1.29, 1.82) is 0 Å². The van der Waals surface area contributed by atoms with Crippen LogP contribution >= 0.6 is 11.3 Å². The molecule has 10 aromatic rings. The first-order valence-corrected chi connectivity index (χ1v) is 16.7. The monoisotopic (exact) mass is 617 g/mol. The molecule has 0 radical (unpaired) electrons. The van der Waals surface area contributed by atoms with E-state index < -0.39 is 0 Å². The zero-order chi connectivity index (χ0) is 30.9. The quantitative estimate of drug-likeness (QED) is 0.183. The van der Waals surface area contributed by atoms with Gasteiger partial charge in [0.2, 0.25) is 0 Å². The number of fused-ring (bicyclic) bond motifs is 9. The van der Waals surface area contributed by atoms with Gasteiger partial charge in [-0.2, -0.15) is 0 Å². The Morgan fingerprint density at radius 2 is 1.19 bits per heavy atom. The van der Waals surface area contributed by atoms with Gasteiger partial charge in [-0.25, -0.2) is 0 Å². The van der Waals surface area contributed by atoms with Gasteiger partial charge >= 0.3 is 0 Å². The Labute approximate surface area is 275 Å². The molecule has 2 aromatic heterocycles. The number of rotatable bonds is 4. The molecule has 8 aromatic carbocycles. The van der Waals surface area contributed by atoms with Crippen molar-refractivity contribution in [3.63, 3.8) is 0 Å². The Morgan fingerprint density at radius 3 is 2.11 bits per heavy atom. The van der Waals surface area contributed by atoms with Gasteiger partial charge in [0.25, 0.3) is 0 Å². The average molecular weight is 618 g/mol. The maximum atomic E-state index is 6.73. The molecule has 3 heteroatoms. The fraction of sp³-hybridized carbons (Fsp3) is 0. The molecular weight excluding hydrogens is 591 g/mol. The summed E-state index contributed by atoms with van der Waals surface area (Å²) in [6, 6.07) is 58.9. The van der Waals surface area contributed by atoms with Crippen molar-refractivity contribution in [1.82, 2.24) is 0 Å². The number of anilines is 3. The van der Waals surface area contributed by atoms with Crippen LogP contribution in [0.25, 0.3) is 74.8 Å². The van der Waals surface area contributed by atoms with Crippen molar-refractivity contribution in [2.24, 2.45) is 0 Å². The van der Waals surface area contributed by atoms with E-state index in [1.165, 1.54) is 41.7 Å². The van der Waals surface area contributed by atoms with E-state index in [1.807, 2.05) is 11.3 Å². The average Bonchev–Trinajstić information content (AvgIpc) is 3.72. The van der Waals surface area contributed by atoms with Crippen LogP contribution in [0.5, 0.6) is 0 Å². The van der Waals surface area contributed by atoms with Crippen LogP contribution in [0.3, 0.4) is 0 Å². The molecule has 0 amide bonds. The summed E-state index contributed by atoms with van der Waals surface area (Å²) in [5.41, 5.74) is 7.37. The van der Waals surface area contributed by atoms with Crippen molar-refractivity contribution >= 4 is 92.1 Å². The number of hydrogen-bond acceptors (Lipinski definition) is 3. The van der Waals surface area contributed by atoms with Gasteiger partial charge in [-0.05, 0) is 69.6 Å². The first-order valence-electron chi connectivity index (χ1n) is 15.9. The summed E-state index contributed by atoms with van der Waals surface area (Å²) in [5.74, 6) is 0. The van der Waals surface area contributed by atoms with Crippen LogP contribution in [-0.2, 0) is 0 Å². The number of para-hydroxylation sites is 1. The van der Waals surface area contributed by atoms with Crippen LogP contribution < -0.4 is 4.90 Å². The molecule has 0 bridgehead atoms. The van der Waals surface area contributed by atoms with E-state index in [0.717, 1.165) is 50.1 Å². The Balaban J connectivity index is 1.32. The molecule has 0 fully saturated rings. The van der Waals surface area contributed by atoms with Crippen molar-refractivity contribution in [3.05, 3.63) is 164 Å². The molecule has 0 unspecified atom stereocenters. The zero-order valence-electron chi connectivity index (χ0n) is 25.4. The van der Waals surface area contributed by atoms with Gasteiger partial charge in [0.05, 0.1) is 21.5 Å². The van der Waals surface area contributed by atoms with Crippen LogP contribution in [0.15, 0.2) is 168 Å². The minimum absolute atomic E-state index is 0.886. The number of benzene rings is 8. The number of nitrogens with zero attached hydrogens (tertiary/aromatic N) is 1. The zero-order valence-corrected chi connectivity index (χ0v) is 26.2. The summed E-state index contributed by atoms with van der Waals surface area (Å²) in [5, 5.41) is 9.77. The standard InChI is InChI=1S/C44H27NOS/c1-2-11-28(12-3-1)34-25-26-38(42-37-16-6-8-19-40(37)46-43(34)42)45(39-18-10-17-36-35-15-7-9-20-41(35)47-44(36)39)31-23-24-33-30(27-31)22-21-29-13-4-5-14-32(29)33/h1-27H. The molecule has 0 saturated carbocycles. The van der Waals surface area contributed by atoms with E-state index in [4.69, 9.17) is 4.42 Å². The Kier molecular flexibility index (Phi) is 5.78. The maximum absolute atomic E-state index is 6.73. The van der Waals surface area contributed by atoms with Gasteiger partial charge in [-0.1, -0.05) is 121 Å². The topological polar surface area (TPSA) is 16.4 Å². The van der Waals surface area contributed by atoms with Gasteiger partial charge in [0.15, 0.2) is 0 Å². The first-order chi connectivity index (χ1) is 23.3. The van der Waals surface area contributed by atoms with Crippen LogP contribution in [-0.4, -0.2) is 0 Å². The van der Waals surface area contributed by atoms with E-state index >= 15 is 0 Å². The fourth-order valence-corrected chi connectivity index (χ4v) is 8.50. The predicted octanol–water partition coefficient (Wildman–Crippen LogP) is 13.4. The summed E-state index contributed by atoms with van der Waals surface area (Å²) < 4.78 is 9.28. The summed E-state index contributed by atoms with van der Waals surface area (Å²) in [6.45, 7) is 0. The van der Waals surface area contributed by atoms with Crippen LogP contribution in [0.2, 0.25) is 0 Å². The molecule has 0 atom stereocenters. The predicted molar refractivity (Wildman–Crippen MR) is 202 cm³/mol. The van der Waals surface area contributed by atoms with E-state index in [1.54, 1.807) is 0 Å². The maximum Gasteiger partial charge on any atom is 0.145 e. The molecule has 0 aliphatic rings. The summed E-state index contributed by atoms with van der Waals surface area (Å²) in [6.07, 6.45) is 0. The van der Waals surface area contributed by atoms with Crippen LogP contribution in [0.4, 0.5) is 17.1 Å². The van der Waals surface area contributed by atoms with Crippen molar-refractivity contribution < 1.29 is 4.42 Å². The first kappa shape index (κ1) is 26.3. The highest BCUT2D eigenvalue weighted by Gasteiger charge is 2.24. The lowest BCUT2D eigenvalue weighted by molar-refractivity contribution is 0.670. The Hall–Kier alpha value is -5.90. The second-order valence-electron chi connectivity index (χ2n) is 12.1. The normalized spacial score (nSPS) is 11.8. The van der Waals surface area contributed by atoms with Crippen LogP contribution in [0.1, 0.15) is 0 Å². The lowest BCUT2D eigenvalue weighted by atomic mass is 9.98. The third-order valence-electron chi connectivity index (χ3n) is 9.44. The van der Waals surface area contributed by atoms with E-state index in [0.29, 0.717) is 0 Å². The molecule has 0 spiro atoms. The highest BCUT2D eigenvalue weighted by molar-refractivity contribution is 7.26. The molecule has 47 heavy (non-hydrogen) atoms. The van der Waals surface area contributed by atoms with E-state index in [9.17, 15) is 0 Å². The highest BCUT2D eigenvalue weighted by atomic mass is 32.1. The lowest BCUT2D eigenvalue weighted by Gasteiger charge is -2.27. The number of hydrogen-bond donors (Lipinski definition) is 0. The molecule has 10 rings (SSSR count). The molecule has 0 aliphatic carbocycles. The molecule has 2 heterocycles. The summed E-state index contributed by atoms with van der Waals surface area (Å²) in [4.78, 5) is 2.45. The van der Waals surface area contributed by atoms with Gasteiger partial charge in [0.1, 0.15) is 11.2 Å². The van der Waals surface area contributed by atoms with Gasteiger partial charge in [0, 0.05) is 32.1 Å². The third-order valence-corrected chi connectivity index (χ3v) is 10.7. The second kappa shape index (κ2) is 10.3. The number of thiophene rings is 1. The molecule has 0 aliphatic heterocycles. The minimum Gasteiger partial charge on any atom is -0.455 e. The summed E-state index contributed by atoms with van der Waals surface area (Å²) >= 11 is 1.86. The SMILES string of the molecule is c1ccc(-c2ccc(N(c3ccc4c(ccc5ccccc54)c3)c3cccc4c3sc3ccccc34)c3c2oc2ccccc23)cc1. The van der Waals surface area contributed by atoms with Crippen LogP contribution in [0, 0.1) is 0 Å². The molecule has 0 saturated heterocycles. The number of furan rings is 1. The minimum atomic E-state index is 0.886.